The predicted molar refractivity (Wildman–Crippen MR) is 159 cm³/mol. The van der Waals surface area contributed by atoms with Crippen molar-refractivity contribution < 1.29 is 48.8 Å². The highest BCUT2D eigenvalue weighted by Gasteiger charge is 2.44. The van der Waals surface area contributed by atoms with Gasteiger partial charge in [-0.15, -0.1) is 0 Å². The lowest BCUT2D eigenvalue weighted by Crippen LogP contribution is -2.90. The maximum Gasteiger partial charge on any atom is 0.292 e. The third-order valence-corrected chi connectivity index (χ3v) is 7.94. The van der Waals surface area contributed by atoms with E-state index in [1.807, 2.05) is 34.9 Å². The molecule has 4 amide bonds. The molecule has 0 spiro atoms. The molecule has 0 aliphatic carbocycles. The van der Waals surface area contributed by atoms with Gasteiger partial charge in [-0.1, -0.05) is 12.1 Å². The highest BCUT2D eigenvalue weighted by Crippen LogP contribution is 2.32. The van der Waals surface area contributed by atoms with E-state index >= 15 is 0 Å². The molecule has 2 fully saturated rings. The zero-order valence-corrected chi connectivity index (χ0v) is 25.1. The first-order valence-corrected chi connectivity index (χ1v) is 14.2. The maximum atomic E-state index is 13.3. The number of nitrogens with two attached hydrogens (primary N) is 2. The minimum absolute atomic E-state index is 0.0472. The fraction of sp³-hybridized carbons (Fsp3) is 0.312. The molecule has 4 N–H and O–H groups in total. The van der Waals surface area contributed by atoms with Crippen LogP contribution in [-0.4, -0.2) is 64.2 Å². The van der Waals surface area contributed by atoms with Gasteiger partial charge in [-0.3, -0.25) is 19.2 Å². The molecule has 12 heteroatoms. The Kier molecular flexibility index (Phi) is 9.12. The smallest absolute Gasteiger partial charge is 0.292 e. The summed E-state index contributed by atoms with van der Waals surface area (Å²) in [6.07, 6.45) is 0.0944. The lowest BCUT2D eigenvalue weighted by Gasteiger charge is -2.18. The summed E-state index contributed by atoms with van der Waals surface area (Å²) < 4.78 is 21.7. The number of hydrogen-bond donors (Lipinski definition) is 2. The Labute approximate surface area is 254 Å². The van der Waals surface area contributed by atoms with Crippen LogP contribution in [0.1, 0.15) is 24.0 Å². The number of anilines is 2. The van der Waals surface area contributed by atoms with Crippen molar-refractivity contribution in [3.8, 4) is 23.0 Å². The van der Waals surface area contributed by atoms with Crippen molar-refractivity contribution in [3.63, 3.8) is 0 Å². The predicted octanol–water partition coefficient (Wildman–Crippen LogP) is 0.512. The monoisotopic (exact) mass is 604 g/mol. The van der Waals surface area contributed by atoms with Crippen LogP contribution in [0.3, 0.4) is 0 Å². The van der Waals surface area contributed by atoms with Crippen LogP contribution in [0.25, 0.3) is 0 Å². The molecule has 2 atom stereocenters. The standard InChI is InChI=1S/C32H34N4O8/c1-41-25-9-5-7-19(29(25)43-3)17-33-23-15-27(37)35(31(23)39)21-11-13-22(14-12-21)36-28(38)16-24(32(36)40)34-18-20-8-6-10-26(42-2)30(20)44-4/h5-14,23-24,33-34H,15-18H2,1-4H3/p+2/t23-,24-/m1/s1. The van der Waals surface area contributed by atoms with Gasteiger partial charge in [0.1, 0.15) is 13.1 Å². The van der Waals surface area contributed by atoms with Crippen molar-refractivity contribution in [2.75, 3.05) is 38.2 Å². The second kappa shape index (κ2) is 13.1. The third kappa shape index (κ3) is 5.81. The number of carbonyl (C=O) groups excluding carboxylic acids is 4. The highest BCUT2D eigenvalue weighted by molar-refractivity contribution is 6.23. The fourth-order valence-corrected chi connectivity index (χ4v) is 5.74. The molecule has 0 unspecified atom stereocenters. The number of ether oxygens (including phenoxy) is 4. The Morgan fingerprint density at radius 2 is 0.977 bits per heavy atom. The summed E-state index contributed by atoms with van der Waals surface area (Å²) in [5.74, 6) is 1.04. The van der Waals surface area contributed by atoms with Gasteiger partial charge in [0.25, 0.3) is 11.8 Å². The van der Waals surface area contributed by atoms with Crippen molar-refractivity contribution in [1.29, 1.82) is 0 Å². The lowest BCUT2D eigenvalue weighted by atomic mass is 10.1. The Hall–Kier alpha value is -4.94. The van der Waals surface area contributed by atoms with Crippen LogP contribution < -0.4 is 39.4 Å². The van der Waals surface area contributed by atoms with Gasteiger partial charge in [0, 0.05) is 0 Å². The summed E-state index contributed by atoms with van der Waals surface area (Å²) in [7, 11) is 6.22. The van der Waals surface area contributed by atoms with Crippen molar-refractivity contribution in [1.82, 2.24) is 0 Å². The Morgan fingerprint density at radius 3 is 1.32 bits per heavy atom. The largest absolute Gasteiger partial charge is 0.493 e. The number of imide groups is 2. The molecule has 0 radical (unpaired) electrons. The van der Waals surface area contributed by atoms with Gasteiger partial charge in [-0.2, -0.15) is 0 Å². The van der Waals surface area contributed by atoms with E-state index in [0.717, 1.165) is 20.9 Å². The summed E-state index contributed by atoms with van der Waals surface area (Å²) in [6.45, 7) is 0.831. The van der Waals surface area contributed by atoms with Gasteiger partial charge in [0.2, 0.25) is 11.8 Å². The molecular weight excluding hydrogens is 568 g/mol. The molecule has 0 bridgehead atoms. The van der Waals surface area contributed by atoms with Crippen LogP contribution in [-0.2, 0) is 32.3 Å². The molecule has 3 aromatic carbocycles. The van der Waals surface area contributed by atoms with Crippen LogP contribution in [0, 0.1) is 0 Å². The van der Waals surface area contributed by atoms with Gasteiger partial charge < -0.3 is 29.6 Å². The zero-order chi connectivity index (χ0) is 31.4. The first kappa shape index (κ1) is 30.5. The van der Waals surface area contributed by atoms with E-state index < -0.39 is 12.1 Å². The average Bonchev–Trinajstić information content (AvgIpc) is 3.49. The summed E-state index contributed by atoms with van der Waals surface area (Å²) in [5, 5.41) is 3.62. The van der Waals surface area contributed by atoms with Crippen LogP contribution >= 0.6 is 0 Å². The minimum atomic E-state index is -0.598. The Balaban J connectivity index is 1.23. The van der Waals surface area contributed by atoms with E-state index in [-0.39, 0.29) is 36.5 Å². The maximum absolute atomic E-state index is 13.3. The molecule has 2 aliphatic rings. The number of quaternary nitrogens is 2. The summed E-state index contributed by atoms with van der Waals surface area (Å²) >= 11 is 0. The number of rotatable bonds is 12. The molecule has 12 nitrogen and oxygen atoms in total. The van der Waals surface area contributed by atoms with Gasteiger partial charge in [0.15, 0.2) is 35.1 Å². The number of methoxy groups -OCH3 is 4. The molecule has 0 aromatic heterocycles. The van der Waals surface area contributed by atoms with E-state index in [1.165, 1.54) is 0 Å². The number of benzene rings is 3. The molecule has 3 aromatic rings. The molecule has 0 saturated carbocycles. The van der Waals surface area contributed by atoms with Gasteiger partial charge in [-0.05, 0) is 48.5 Å². The summed E-state index contributed by atoms with van der Waals surface area (Å²) in [6, 6.07) is 16.2. The van der Waals surface area contributed by atoms with Crippen molar-refractivity contribution in [2.45, 2.75) is 38.0 Å². The van der Waals surface area contributed by atoms with Crippen molar-refractivity contribution in [2.24, 2.45) is 0 Å². The number of amides is 4. The van der Waals surface area contributed by atoms with E-state index in [1.54, 1.807) is 64.8 Å². The molecule has 2 aliphatic heterocycles. The topological polar surface area (TPSA) is 145 Å². The first-order valence-electron chi connectivity index (χ1n) is 14.2. The summed E-state index contributed by atoms with van der Waals surface area (Å²) in [4.78, 5) is 54.6. The molecular formula is C32H36N4O8+2. The first-order chi connectivity index (χ1) is 21.3. The minimum Gasteiger partial charge on any atom is -0.493 e. The fourth-order valence-electron chi connectivity index (χ4n) is 5.74. The molecule has 2 saturated heterocycles. The normalized spacial score (nSPS) is 18.3. The Bertz CT molecular complexity index is 1460. The average molecular weight is 605 g/mol. The van der Waals surface area contributed by atoms with E-state index in [2.05, 4.69) is 0 Å². The van der Waals surface area contributed by atoms with E-state index in [4.69, 9.17) is 18.9 Å². The quantitative estimate of drug-likeness (QED) is 0.285. The van der Waals surface area contributed by atoms with Gasteiger partial charge in [0.05, 0.1) is 63.8 Å². The second-order valence-electron chi connectivity index (χ2n) is 10.5. The summed E-state index contributed by atoms with van der Waals surface area (Å²) in [5.41, 5.74) is 2.44. The zero-order valence-electron chi connectivity index (χ0n) is 25.1. The number of nitrogens with zero attached hydrogens (tertiary/aromatic N) is 2. The molecule has 44 heavy (non-hydrogen) atoms. The molecule has 230 valence electrons. The number of carbonyl (C=O) groups is 4. The number of hydrogen-bond acceptors (Lipinski definition) is 8. The highest BCUT2D eigenvalue weighted by atomic mass is 16.5. The molecule has 2 heterocycles. The van der Waals surface area contributed by atoms with E-state index in [0.29, 0.717) is 47.5 Å². The van der Waals surface area contributed by atoms with Crippen LogP contribution in [0.4, 0.5) is 11.4 Å². The van der Waals surface area contributed by atoms with E-state index in [9.17, 15) is 19.2 Å². The van der Waals surface area contributed by atoms with Crippen LogP contribution in [0.5, 0.6) is 23.0 Å². The van der Waals surface area contributed by atoms with Crippen LogP contribution in [0.15, 0.2) is 60.7 Å². The SMILES string of the molecule is COc1cccc(C[NH2+][C@@H]2CC(=O)N(c3ccc(N4C(=O)C[C@@H]([NH2+]Cc5cccc(OC)c5OC)C4=O)cc3)C2=O)c1OC. The van der Waals surface area contributed by atoms with Crippen molar-refractivity contribution >= 4 is 35.0 Å². The van der Waals surface area contributed by atoms with Crippen molar-refractivity contribution in [3.05, 3.63) is 71.8 Å². The van der Waals surface area contributed by atoms with Gasteiger partial charge >= 0.3 is 0 Å². The Morgan fingerprint density at radius 1 is 0.591 bits per heavy atom. The lowest BCUT2D eigenvalue weighted by molar-refractivity contribution is -0.690. The second-order valence-corrected chi connectivity index (χ2v) is 10.5. The van der Waals surface area contributed by atoms with Gasteiger partial charge in [-0.25, -0.2) is 9.80 Å². The van der Waals surface area contributed by atoms with Crippen LogP contribution in [0.2, 0.25) is 0 Å². The third-order valence-electron chi connectivity index (χ3n) is 7.94. The number of para-hydroxylation sites is 2. The molecule has 5 rings (SSSR count).